The maximum absolute atomic E-state index is 13.2. The van der Waals surface area contributed by atoms with E-state index in [0.29, 0.717) is 20.9 Å². The molecule has 1 aromatic heterocycles. The van der Waals surface area contributed by atoms with Crippen LogP contribution in [0.4, 0.5) is 17.6 Å². The van der Waals surface area contributed by atoms with Gasteiger partial charge in [-0.25, -0.2) is 9.18 Å². The highest BCUT2D eigenvalue weighted by atomic mass is 19.4. The molecule has 7 nitrogen and oxygen atoms in total. The molecule has 0 spiro atoms. The van der Waals surface area contributed by atoms with Crippen LogP contribution in [0.25, 0.3) is 5.69 Å². The first-order valence-corrected chi connectivity index (χ1v) is 9.44. The van der Waals surface area contributed by atoms with Crippen molar-refractivity contribution in [3.05, 3.63) is 92.0 Å². The molecule has 0 N–H and O–H groups in total. The van der Waals surface area contributed by atoms with Gasteiger partial charge in [-0.3, -0.25) is 14.2 Å². The van der Waals surface area contributed by atoms with E-state index < -0.39 is 40.4 Å². The summed E-state index contributed by atoms with van der Waals surface area (Å²) in [6.07, 6.45) is -4.68. The van der Waals surface area contributed by atoms with E-state index in [-0.39, 0.29) is 18.8 Å². The average Bonchev–Trinajstić information content (AvgIpc) is 2.76. The Kier molecular flexibility index (Phi) is 6.28. The van der Waals surface area contributed by atoms with Crippen LogP contribution in [0, 0.1) is 5.82 Å². The van der Waals surface area contributed by atoms with Crippen LogP contribution in [-0.4, -0.2) is 38.7 Å². The third kappa shape index (κ3) is 4.61. The van der Waals surface area contributed by atoms with Crippen LogP contribution >= 0.6 is 0 Å². The molecule has 3 aromatic rings. The smallest absolute Gasteiger partial charge is 0.340 e. The van der Waals surface area contributed by atoms with Crippen molar-refractivity contribution in [2.75, 3.05) is 13.6 Å². The Balaban J connectivity index is 2.25. The zero-order valence-corrected chi connectivity index (χ0v) is 17.1. The van der Waals surface area contributed by atoms with Crippen molar-refractivity contribution in [1.82, 2.24) is 19.2 Å². The van der Waals surface area contributed by atoms with Gasteiger partial charge in [-0.15, -0.1) is 0 Å². The zero-order valence-electron chi connectivity index (χ0n) is 17.1. The Morgan fingerprint density at radius 1 is 1.09 bits per heavy atom. The Morgan fingerprint density at radius 3 is 2.34 bits per heavy atom. The molecular weight excluding hydrogens is 432 g/mol. The predicted octanol–water partition coefficient (Wildman–Crippen LogP) is 2.69. The van der Waals surface area contributed by atoms with E-state index in [9.17, 15) is 31.9 Å². The van der Waals surface area contributed by atoms with Gasteiger partial charge >= 0.3 is 11.9 Å². The molecule has 0 saturated carbocycles. The van der Waals surface area contributed by atoms with Crippen molar-refractivity contribution in [1.29, 1.82) is 0 Å². The Morgan fingerprint density at radius 2 is 1.75 bits per heavy atom. The lowest BCUT2D eigenvalue weighted by molar-refractivity contribution is -0.137. The van der Waals surface area contributed by atoms with Crippen molar-refractivity contribution in [2.45, 2.75) is 19.6 Å². The highest BCUT2D eigenvalue weighted by Crippen LogP contribution is 2.29. The minimum atomic E-state index is -4.68. The Bertz CT molecular complexity index is 1260. The van der Waals surface area contributed by atoms with Crippen LogP contribution in [0.1, 0.15) is 28.5 Å². The molecule has 168 valence electrons. The van der Waals surface area contributed by atoms with E-state index in [0.717, 1.165) is 24.3 Å². The first kappa shape index (κ1) is 22.9. The number of halogens is 4. The lowest BCUT2D eigenvalue weighted by atomic mass is 10.2. The lowest BCUT2D eigenvalue weighted by Gasteiger charge is -2.16. The monoisotopic (exact) mass is 450 g/mol. The van der Waals surface area contributed by atoms with Crippen molar-refractivity contribution in [3.63, 3.8) is 0 Å². The van der Waals surface area contributed by atoms with Gasteiger partial charge in [0.15, 0.2) is 0 Å². The summed E-state index contributed by atoms with van der Waals surface area (Å²) in [5.74, 6) is -1.33. The fourth-order valence-electron chi connectivity index (χ4n) is 2.87. The minimum Gasteiger partial charge on any atom is -0.340 e. The van der Waals surface area contributed by atoms with Gasteiger partial charge in [-0.2, -0.15) is 23.0 Å². The molecule has 3 rings (SSSR count). The summed E-state index contributed by atoms with van der Waals surface area (Å²) in [5, 5.41) is 3.80. The molecule has 2 aromatic carbocycles. The van der Waals surface area contributed by atoms with Crippen molar-refractivity contribution in [2.24, 2.45) is 0 Å². The topological polar surface area (TPSA) is 77.2 Å². The molecule has 0 unspecified atom stereocenters. The van der Waals surface area contributed by atoms with E-state index in [1.54, 1.807) is 6.92 Å². The van der Waals surface area contributed by atoms with Crippen LogP contribution in [0.15, 0.2) is 58.1 Å². The quantitative estimate of drug-likeness (QED) is 0.560. The van der Waals surface area contributed by atoms with Crippen molar-refractivity contribution < 1.29 is 22.4 Å². The van der Waals surface area contributed by atoms with Gasteiger partial charge in [0.05, 0.1) is 17.8 Å². The second-order valence-electron chi connectivity index (χ2n) is 6.93. The van der Waals surface area contributed by atoms with Gasteiger partial charge in [0.25, 0.3) is 11.5 Å². The molecule has 32 heavy (non-hydrogen) atoms. The van der Waals surface area contributed by atoms with E-state index in [1.807, 2.05) is 0 Å². The van der Waals surface area contributed by atoms with Crippen molar-refractivity contribution in [3.8, 4) is 5.69 Å². The summed E-state index contributed by atoms with van der Waals surface area (Å²) in [6, 6.07) is 8.74. The van der Waals surface area contributed by atoms with E-state index >= 15 is 0 Å². The first-order chi connectivity index (χ1) is 15.0. The number of nitrogens with zero attached hydrogens (tertiary/aromatic N) is 4. The Labute approximate surface area is 179 Å². The number of alkyl halides is 3. The molecule has 0 fully saturated rings. The Hall–Kier alpha value is -3.76. The number of aromatic nitrogens is 3. The number of hydrogen-bond acceptors (Lipinski definition) is 4. The lowest BCUT2D eigenvalue weighted by Crippen LogP contribution is -2.46. The molecule has 0 aliphatic rings. The zero-order chi connectivity index (χ0) is 23.6. The summed E-state index contributed by atoms with van der Waals surface area (Å²) >= 11 is 0. The minimum absolute atomic E-state index is 0.223. The van der Waals surface area contributed by atoms with Crippen molar-refractivity contribution >= 4 is 5.91 Å². The molecule has 0 radical (unpaired) electrons. The highest BCUT2D eigenvalue weighted by molar-refractivity contribution is 5.91. The largest absolute Gasteiger partial charge is 0.416 e. The van der Waals surface area contributed by atoms with Gasteiger partial charge in [-0.1, -0.05) is 18.2 Å². The van der Waals surface area contributed by atoms with Crippen LogP contribution in [0.2, 0.25) is 0 Å². The molecule has 0 aliphatic heterocycles. The van der Waals surface area contributed by atoms with E-state index in [1.165, 1.54) is 30.1 Å². The second kappa shape index (κ2) is 8.77. The molecule has 1 heterocycles. The standard InChI is InChI=1S/C21H18F4N4O3/c1-3-27(2)18(30)17-19(31)28(12-13-7-9-15(22)10-8-13)20(32)29(26-17)16-6-4-5-14(11-16)21(23,24)25/h4-11H,3,12H2,1-2H3. The average molecular weight is 450 g/mol. The summed E-state index contributed by atoms with van der Waals surface area (Å²) in [7, 11) is 1.41. The van der Waals surface area contributed by atoms with Gasteiger partial charge < -0.3 is 4.90 Å². The first-order valence-electron chi connectivity index (χ1n) is 9.44. The van der Waals surface area contributed by atoms with Crippen LogP contribution in [0.3, 0.4) is 0 Å². The number of carbonyl (C=O) groups is 1. The van der Waals surface area contributed by atoms with Crippen LogP contribution in [-0.2, 0) is 12.7 Å². The number of rotatable bonds is 5. The maximum Gasteiger partial charge on any atom is 0.416 e. The second-order valence-corrected chi connectivity index (χ2v) is 6.93. The van der Waals surface area contributed by atoms with Gasteiger partial charge in [0.2, 0.25) is 5.69 Å². The summed E-state index contributed by atoms with van der Waals surface area (Å²) in [6.45, 7) is 1.54. The van der Waals surface area contributed by atoms with Gasteiger partial charge in [0.1, 0.15) is 5.82 Å². The molecular formula is C21H18F4N4O3. The molecule has 1 amide bonds. The third-order valence-corrected chi connectivity index (χ3v) is 4.76. The molecule has 0 bridgehead atoms. The fourth-order valence-corrected chi connectivity index (χ4v) is 2.87. The van der Waals surface area contributed by atoms with E-state index in [4.69, 9.17) is 0 Å². The van der Waals surface area contributed by atoms with Gasteiger partial charge in [-0.05, 0) is 42.8 Å². The van der Waals surface area contributed by atoms with Crippen LogP contribution in [0.5, 0.6) is 0 Å². The molecule has 0 atom stereocenters. The molecule has 0 saturated heterocycles. The predicted molar refractivity (Wildman–Crippen MR) is 107 cm³/mol. The number of hydrogen-bond donors (Lipinski definition) is 0. The molecule has 11 heteroatoms. The van der Waals surface area contributed by atoms with E-state index in [2.05, 4.69) is 5.10 Å². The summed E-state index contributed by atoms with van der Waals surface area (Å²) in [5.41, 5.74) is -3.62. The maximum atomic E-state index is 13.2. The summed E-state index contributed by atoms with van der Waals surface area (Å²) < 4.78 is 53.9. The van der Waals surface area contributed by atoms with Crippen LogP contribution < -0.4 is 11.2 Å². The summed E-state index contributed by atoms with van der Waals surface area (Å²) in [4.78, 5) is 39.8. The normalized spacial score (nSPS) is 11.4. The fraction of sp³-hybridized carbons (Fsp3) is 0.238. The SMILES string of the molecule is CCN(C)C(=O)c1nn(-c2cccc(C(F)(F)F)c2)c(=O)n(Cc2ccc(F)cc2)c1=O. The third-order valence-electron chi connectivity index (χ3n) is 4.76. The van der Waals surface area contributed by atoms with Gasteiger partial charge in [0, 0.05) is 13.6 Å². The number of benzene rings is 2. The number of carbonyl (C=O) groups excluding carboxylic acids is 1. The molecule has 0 aliphatic carbocycles. The highest BCUT2D eigenvalue weighted by Gasteiger charge is 2.31. The number of amides is 1.